The Labute approximate surface area is 319 Å². The largest absolute Gasteiger partial charge is 0.455 e. The third-order valence-corrected chi connectivity index (χ3v) is 11.6. The zero-order chi connectivity index (χ0) is 36.5. The monoisotopic (exact) mass is 702 g/mol. The minimum atomic E-state index is -0.306. The van der Waals surface area contributed by atoms with Crippen molar-refractivity contribution in [3.8, 4) is 56.2 Å². The summed E-state index contributed by atoms with van der Waals surface area (Å²) in [6.45, 7) is 2.36. The van der Waals surface area contributed by atoms with Gasteiger partial charge in [0.05, 0.1) is 11.4 Å². The molecule has 0 saturated heterocycles. The number of nitrogens with zero attached hydrogens (tertiary/aromatic N) is 2. The summed E-state index contributed by atoms with van der Waals surface area (Å²) in [4.78, 5) is 10.6. The second-order valence-corrected chi connectivity index (χ2v) is 14.6. The van der Waals surface area contributed by atoms with Crippen LogP contribution in [-0.2, 0) is 5.41 Å². The molecular formula is C52H34N2O. The Morgan fingerprint density at radius 3 is 1.98 bits per heavy atom. The van der Waals surface area contributed by atoms with E-state index in [0.29, 0.717) is 5.82 Å². The molecule has 0 spiro atoms. The molecule has 2 heterocycles. The number of hydrogen-bond acceptors (Lipinski definition) is 3. The van der Waals surface area contributed by atoms with E-state index in [1.165, 1.54) is 38.6 Å². The fraction of sp³-hybridized carbons (Fsp3) is 0.0385. The van der Waals surface area contributed by atoms with E-state index in [2.05, 4.69) is 177 Å². The molecular weight excluding hydrogens is 669 g/mol. The molecule has 1 aliphatic rings. The summed E-state index contributed by atoms with van der Waals surface area (Å²) in [5.41, 5.74) is 14.8. The van der Waals surface area contributed by atoms with Crippen LogP contribution in [0.1, 0.15) is 23.6 Å². The number of rotatable bonds is 5. The minimum Gasteiger partial charge on any atom is -0.455 e. The summed E-state index contributed by atoms with van der Waals surface area (Å²) in [5.74, 6) is 0.694. The zero-order valence-electron chi connectivity index (χ0n) is 30.2. The molecule has 258 valence electrons. The van der Waals surface area contributed by atoms with Crippen LogP contribution in [0.5, 0.6) is 0 Å². The summed E-state index contributed by atoms with van der Waals surface area (Å²) >= 11 is 0. The first-order chi connectivity index (χ1) is 27.1. The molecule has 10 aromatic rings. The van der Waals surface area contributed by atoms with Crippen molar-refractivity contribution in [2.45, 2.75) is 12.3 Å². The molecule has 1 atom stereocenters. The number of benzene rings is 8. The first-order valence-electron chi connectivity index (χ1n) is 18.8. The van der Waals surface area contributed by atoms with Crippen molar-refractivity contribution in [2.24, 2.45) is 0 Å². The predicted octanol–water partition coefficient (Wildman–Crippen LogP) is 13.5. The Bertz CT molecular complexity index is 3110. The van der Waals surface area contributed by atoms with Crippen LogP contribution < -0.4 is 0 Å². The zero-order valence-corrected chi connectivity index (χ0v) is 30.2. The summed E-state index contributed by atoms with van der Waals surface area (Å²) in [6.07, 6.45) is 0. The van der Waals surface area contributed by atoms with E-state index in [1.54, 1.807) is 0 Å². The van der Waals surface area contributed by atoms with Gasteiger partial charge in [0.1, 0.15) is 11.2 Å². The maximum atomic E-state index is 6.64. The first kappa shape index (κ1) is 31.4. The Balaban J connectivity index is 1.10. The van der Waals surface area contributed by atoms with Crippen molar-refractivity contribution >= 4 is 32.7 Å². The smallest absolute Gasteiger partial charge is 0.160 e. The molecule has 8 aromatic carbocycles. The fourth-order valence-corrected chi connectivity index (χ4v) is 8.93. The highest BCUT2D eigenvalue weighted by atomic mass is 16.3. The highest BCUT2D eigenvalue weighted by Gasteiger charge is 2.41. The molecule has 0 fully saturated rings. The molecule has 1 unspecified atom stereocenters. The highest BCUT2D eigenvalue weighted by molar-refractivity contribution is 6.20. The summed E-state index contributed by atoms with van der Waals surface area (Å²) in [7, 11) is 0. The SMILES string of the molecule is CC1(c2ccccc2)c2ccccc2-c2c(-c3cc(-c4cccc(-c5cccc6c5oc5ccc7ccccc7c56)c4)nc(-c4ccccc4)n3)cccc21. The molecule has 0 saturated carbocycles. The van der Waals surface area contributed by atoms with Gasteiger partial charge in [0, 0.05) is 38.4 Å². The molecule has 3 heteroatoms. The third kappa shape index (κ3) is 4.83. The second-order valence-electron chi connectivity index (χ2n) is 14.6. The maximum absolute atomic E-state index is 6.64. The van der Waals surface area contributed by atoms with Crippen LogP contribution >= 0.6 is 0 Å². The number of fused-ring (bicyclic) bond motifs is 8. The topological polar surface area (TPSA) is 38.9 Å². The first-order valence-corrected chi connectivity index (χ1v) is 18.8. The lowest BCUT2D eigenvalue weighted by Gasteiger charge is -2.28. The summed E-state index contributed by atoms with van der Waals surface area (Å²) in [5, 5.41) is 4.67. The van der Waals surface area contributed by atoms with E-state index < -0.39 is 0 Å². The molecule has 0 radical (unpaired) electrons. The van der Waals surface area contributed by atoms with Crippen LogP contribution in [0.2, 0.25) is 0 Å². The molecule has 0 amide bonds. The van der Waals surface area contributed by atoms with Crippen LogP contribution in [0.25, 0.3) is 88.9 Å². The van der Waals surface area contributed by atoms with Crippen molar-refractivity contribution in [2.75, 3.05) is 0 Å². The van der Waals surface area contributed by atoms with Crippen LogP contribution in [-0.4, -0.2) is 9.97 Å². The average Bonchev–Trinajstić information content (AvgIpc) is 3.78. The van der Waals surface area contributed by atoms with Gasteiger partial charge in [-0.25, -0.2) is 9.97 Å². The number of hydrogen-bond donors (Lipinski definition) is 0. The molecule has 55 heavy (non-hydrogen) atoms. The molecule has 0 N–H and O–H groups in total. The van der Waals surface area contributed by atoms with Crippen molar-refractivity contribution in [1.82, 2.24) is 9.97 Å². The van der Waals surface area contributed by atoms with Gasteiger partial charge in [0.25, 0.3) is 0 Å². The van der Waals surface area contributed by atoms with Crippen LogP contribution in [0, 0.1) is 0 Å². The van der Waals surface area contributed by atoms with Crippen LogP contribution in [0.15, 0.2) is 192 Å². The van der Waals surface area contributed by atoms with Gasteiger partial charge in [0.2, 0.25) is 0 Å². The van der Waals surface area contributed by atoms with E-state index >= 15 is 0 Å². The van der Waals surface area contributed by atoms with Gasteiger partial charge in [-0.1, -0.05) is 170 Å². The molecule has 11 rings (SSSR count). The van der Waals surface area contributed by atoms with E-state index in [0.717, 1.165) is 61.1 Å². The van der Waals surface area contributed by atoms with Crippen molar-refractivity contribution < 1.29 is 4.42 Å². The number of aromatic nitrogens is 2. The van der Waals surface area contributed by atoms with Gasteiger partial charge in [-0.15, -0.1) is 0 Å². The Morgan fingerprint density at radius 2 is 1.09 bits per heavy atom. The molecule has 1 aliphatic carbocycles. The number of para-hydroxylation sites is 1. The van der Waals surface area contributed by atoms with E-state index in [-0.39, 0.29) is 5.41 Å². The van der Waals surface area contributed by atoms with E-state index in [4.69, 9.17) is 14.4 Å². The minimum absolute atomic E-state index is 0.306. The molecule has 0 aliphatic heterocycles. The lowest BCUT2D eigenvalue weighted by Crippen LogP contribution is -2.22. The highest BCUT2D eigenvalue weighted by Crippen LogP contribution is 2.55. The number of furan rings is 1. The lowest BCUT2D eigenvalue weighted by atomic mass is 9.74. The van der Waals surface area contributed by atoms with E-state index in [9.17, 15) is 0 Å². The Hall–Kier alpha value is -7.10. The normalized spacial score (nSPS) is 14.7. The molecule has 0 bridgehead atoms. The molecule has 3 nitrogen and oxygen atoms in total. The van der Waals surface area contributed by atoms with Crippen LogP contribution in [0.4, 0.5) is 0 Å². The summed E-state index contributed by atoms with van der Waals surface area (Å²) < 4.78 is 6.64. The fourth-order valence-electron chi connectivity index (χ4n) is 8.93. The Morgan fingerprint density at radius 1 is 0.455 bits per heavy atom. The molecule has 2 aromatic heterocycles. The van der Waals surface area contributed by atoms with Gasteiger partial charge >= 0.3 is 0 Å². The van der Waals surface area contributed by atoms with E-state index in [1.807, 2.05) is 18.2 Å². The van der Waals surface area contributed by atoms with Crippen molar-refractivity contribution in [1.29, 1.82) is 0 Å². The van der Waals surface area contributed by atoms with Gasteiger partial charge in [-0.2, -0.15) is 0 Å². The van der Waals surface area contributed by atoms with Gasteiger partial charge < -0.3 is 4.42 Å². The second kappa shape index (κ2) is 12.2. The third-order valence-electron chi connectivity index (χ3n) is 11.6. The van der Waals surface area contributed by atoms with Crippen molar-refractivity contribution in [3.63, 3.8) is 0 Å². The van der Waals surface area contributed by atoms with Gasteiger partial charge in [0.15, 0.2) is 5.82 Å². The van der Waals surface area contributed by atoms with Crippen molar-refractivity contribution in [3.05, 3.63) is 205 Å². The Kier molecular flexibility index (Phi) is 6.99. The lowest BCUT2D eigenvalue weighted by molar-refractivity contribution is 0.670. The summed E-state index contributed by atoms with van der Waals surface area (Å²) in [6, 6.07) is 66.7. The predicted molar refractivity (Wildman–Crippen MR) is 226 cm³/mol. The van der Waals surface area contributed by atoms with Crippen LogP contribution in [0.3, 0.4) is 0 Å². The maximum Gasteiger partial charge on any atom is 0.160 e. The standard InChI is InChI=1S/C52H34N2O/c1-52(37-20-6-3-7-21-37)43-27-11-10-23-40(43)48-41(25-14-28-44(48)52)46-32-45(53-51(54-46)34-16-4-2-5-17-34)36-19-12-18-35(31-36)39-24-13-26-42-49-38-22-9-8-15-33(38)29-30-47(49)55-50(39)42/h2-32H,1H3. The average molecular weight is 703 g/mol. The quantitative estimate of drug-likeness (QED) is 0.179. The van der Waals surface area contributed by atoms with Gasteiger partial charge in [-0.3, -0.25) is 0 Å². The van der Waals surface area contributed by atoms with Gasteiger partial charge in [-0.05, 0) is 69.3 Å².